The average molecular weight is 423 g/mol. The zero-order chi connectivity index (χ0) is 22.9. The quantitative estimate of drug-likeness (QED) is 0.311. The molecule has 162 valence electrons. The second kappa shape index (κ2) is 11.0. The summed E-state index contributed by atoms with van der Waals surface area (Å²) >= 11 is 0. The highest BCUT2D eigenvalue weighted by Gasteiger charge is 2.14. The van der Waals surface area contributed by atoms with E-state index in [0.717, 1.165) is 28.2 Å². The maximum atomic E-state index is 5.04. The lowest BCUT2D eigenvalue weighted by Gasteiger charge is -2.14. The third kappa shape index (κ3) is 5.88. The summed E-state index contributed by atoms with van der Waals surface area (Å²) in [6.07, 6.45) is 5.53. The highest BCUT2D eigenvalue weighted by molar-refractivity contribution is 6.11. The number of nitrogens with one attached hydrogen (secondary N) is 1. The van der Waals surface area contributed by atoms with Crippen molar-refractivity contribution in [2.75, 3.05) is 7.05 Å². The minimum absolute atomic E-state index is 0.168. The largest absolute Gasteiger partial charge is 0.373 e. The topological polar surface area (TPSA) is 49.6 Å². The zero-order valence-electron chi connectivity index (χ0n) is 19.2. The third-order valence-corrected chi connectivity index (χ3v) is 5.11. The van der Waals surface area contributed by atoms with Crippen LogP contribution in [0.15, 0.2) is 102 Å². The van der Waals surface area contributed by atoms with Crippen molar-refractivity contribution in [3.63, 3.8) is 0 Å². The third-order valence-electron chi connectivity index (χ3n) is 5.11. The molecular weight excluding hydrogens is 392 g/mol. The number of hydrogen-bond donors (Lipinski definition) is 1. The molecule has 4 heteroatoms. The Balaban J connectivity index is 2.10. The standard InChI is InChI=1S/C28H30N4/c1-6-9-25(26-10-7-8-19-30-26)22(4)31-28(24-17-13-21(3)14-18-24)32-27(29-5)23-15-11-20(2)12-16-23/h6-19,22H,1H2,2-5H3,(H,29,31,32)/b25-9+. The van der Waals surface area contributed by atoms with Gasteiger partial charge in [-0.25, -0.2) is 4.99 Å². The van der Waals surface area contributed by atoms with E-state index in [-0.39, 0.29) is 6.04 Å². The van der Waals surface area contributed by atoms with Crippen molar-refractivity contribution in [3.8, 4) is 0 Å². The van der Waals surface area contributed by atoms with Crippen LogP contribution in [0.2, 0.25) is 0 Å². The van der Waals surface area contributed by atoms with Crippen molar-refractivity contribution in [1.29, 1.82) is 0 Å². The van der Waals surface area contributed by atoms with Crippen LogP contribution in [0.3, 0.4) is 0 Å². The summed E-state index contributed by atoms with van der Waals surface area (Å²) in [4.78, 5) is 14.5. The van der Waals surface area contributed by atoms with Gasteiger partial charge in [0.1, 0.15) is 5.84 Å². The average Bonchev–Trinajstić information content (AvgIpc) is 2.82. The van der Waals surface area contributed by atoms with E-state index in [2.05, 4.69) is 86.2 Å². The number of amidine groups is 2. The van der Waals surface area contributed by atoms with E-state index in [4.69, 9.17) is 9.98 Å². The van der Waals surface area contributed by atoms with Crippen molar-refractivity contribution in [3.05, 3.63) is 120 Å². The van der Waals surface area contributed by atoms with Crippen LogP contribution >= 0.6 is 0 Å². The molecule has 0 spiro atoms. The van der Waals surface area contributed by atoms with Gasteiger partial charge in [-0.15, -0.1) is 0 Å². The zero-order valence-corrected chi connectivity index (χ0v) is 19.2. The molecule has 0 radical (unpaired) electrons. The number of rotatable bonds is 6. The molecule has 32 heavy (non-hydrogen) atoms. The fourth-order valence-electron chi connectivity index (χ4n) is 3.30. The molecule has 0 saturated heterocycles. The fraction of sp³-hybridized carbons (Fsp3) is 0.179. The Morgan fingerprint density at radius 3 is 2.09 bits per heavy atom. The number of aryl methyl sites for hydroxylation is 2. The van der Waals surface area contributed by atoms with E-state index in [0.29, 0.717) is 5.84 Å². The van der Waals surface area contributed by atoms with Gasteiger partial charge in [-0.1, -0.05) is 84.5 Å². The summed E-state index contributed by atoms with van der Waals surface area (Å²) in [5.41, 5.74) is 6.24. The second-order valence-electron chi connectivity index (χ2n) is 7.64. The first-order valence-corrected chi connectivity index (χ1v) is 10.7. The van der Waals surface area contributed by atoms with Crippen molar-refractivity contribution in [2.45, 2.75) is 26.8 Å². The molecule has 0 fully saturated rings. The van der Waals surface area contributed by atoms with Gasteiger partial charge < -0.3 is 5.32 Å². The monoisotopic (exact) mass is 422 g/mol. The molecule has 0 aliphatic heterocycles. The van der Waals surface area contributed by atoms with Gasteiger partial charge in [-0.2, -0.15) is 0 Å². The minimum atomic E-state index is -0.168. The Morgan fingerprint density at radius 2 is 1.56 bits per heavy atom. The Hall–Kier alpha value is -3.79. The highest BCUT2D eigenvalue weighted by atomic mass is 15.0. The normalized spacial score (nSPS) is 13.6. The number of hydrogen-bond acceptors (Lipinski definition) is 2. The molecule has 0 saturated carbocycles. The molecule has 0 amide bonds. The van der Waals surface area contributed by atoms with Crippen LogP contribution < -0.4 is 5.32 Å². The molecule has 3 rings (SSSR count). The lowest BCUT2D eigenvalue weighted by molar-refractivity contribution is 0.933. The summed E-state index contributed by atoms with van der Waals surface area (Å²) in [7, 11) is 1.88. The first-order valence-electron chi connectivity index (χ1n) is 10.7. The molecule has 0 bridgehead atoms. The van der Waals surface area contributed by atoms with Gasteiger partial charge in [0, 0.05) is 29.9 Å². The van der Waals surface area contributed by atoms with Gasteiger partial charge in [-0.05, 0) is 32.9 Å². The number of aromatic nitrogens is 1. The van der Waals surface area contributed by atoms with Crippen LogP contribution in [0.4, 0.5) is 0 Å². The molecule has 1 atom stereocenters. The van der Waals surface area contributed by atoms with Gasteiger partial charge in [-0.3, -0.25) is 9.98 Å². The maximum Gasteiger partial charge on any atom is 0.157 e. The Bertz CT molecular complexity index is 1120. The minimum Gasteiger partial charge on any atom is -0.373 e. The predicted molar refractivity (Wildman–Crippen MR) is 136 cm³/mol. The Morgan fingerprint density at radius 1 is 0.938 bits per heavy atom. The Kier molecular flexibility index (Phi) is 7.87. The second-order valence-corrected chi connectivity index (χ2v) is 7.64. The lowest BCUT2D eigenvalue weighted by atomic mass is 10.0. The van der Waals surface area contributed by atoms with Crippen LogP contribution in [0.1, 0.15) is 34.9 Å². The number of nitrogens with zero attached hydrogens (tertiary/aromatic N) is 3. The first kappa shape index (κ1) is 22.9. The highest BCUT2D eigenvalue weighted by Crippen LogP contribution is 2.20. The summed E-state index contributed by atoms with van der Waals surface area (Å²) in [5.74, 6) is 1.43. The van der Waals surface area contributed by atoms with Gasteiger partial charge in [0.15, 0.2) is 5.84 Å². The van der Waals surface area contributed by atoms with E-state index in [1.165, 1.54) is 11.1 Å². The van der Waals surface area contributed by atoms with Crippen LogP contribution in [-0.2, 0) is 0 Å². The van der Waals surface area contributed by atoms with Crippen molar-refractivity contribution in [2.24, 2.45) is 9.98 Å². The van der Waals surface area contributed by atoms with Crippen molar-refractivity contribution in [1.82, 2.24) is 10.3 Å². The smallest absolute Gasteiger partial charge is 0.157 e. The van der Waals surface area contributed by atoms with Gasteiger partial charge in [0.25, 0.3) is 0 Å². The molecule has 1 aromatic heterocycles. The Labute approximate surface area is 191 Å². The SMILES string of the molecule is C=C/C=C(/c1ccccn1)C(C)/N=C(\N=C(/NC)c1ccc(C)cc1)c1ccc(C)cc1. The van der Waals surface area contributed by atoms with Crippen LogP contribution in [0, 0.1) is 13.8 Å². The van der Waals surface area contributed by atoms with Gasteiger partial charge in [0.2, 0.25) is 0 Å². The van der Waals surface area contributed by atoms with Crippen LogP contribution in [0.5, 0.6) is 0 Å². The fourth-order valence-corrected chi connectivity index (χ4v) is 3.30. The molecule has 0 aliphatic rings. The van der Waals surface area contributed by atoms with Gasteiger partial charge >= 0.3 is 0 Å². The number of benzene rings is 2. The van der Waals surface area contributed by atoms with E-state index in [1.807, 2.05) is 31.3 Å². The molecule has 1 heterocycles. The number of aliphatic imine (C=N–C) groups is 2. The predicted octanol–water partition coefficient (Wildman–Crippen LogP) is 5.77. The van der Waals surface area contributed by atoms with E-state index in [1.54, 1.807) is 12.3 Å². The molecule has 1 N–H and O–H groups in total. The summed E-state index contributed by atoms with van der Waals surface area (Å²) in [6, 6.07) is 22.3. The maximum absolute atomic E-state index is 5.04. The van der Waals surface area contributed by atoms with Gasteiger partial charge in [0.05, 0.1) is 11.7 Å². The molecular formula is C28H30N4. The molecule has 4 nitrogen and oxygen atoms in total. The van der Waals surface area contributed by atoms with E-state index < -0.39 is 0 Å². The number of allylic oxidation sites excluding steroid dienone is 2. The summed E-state index contributed by atoms with van der Waals surface area (Å²) in [5, 5.41) is 3.23. The van der Waals surface area contributed by atoms with Crippen molar-refractivity contribution >= 4 is 17.2 Å². The molecule has 0 aliphatic carbocycles. The van der Waals surface area contributed by atoms with Crippen molar-refractivity contribution < 1.29 is 0 Å². The molecule has 1 unspecified atom stereocenters. The lowest BCUT2D eigenvalue weighted by Crippen LogP contribution is -2.22. The molecule has 2 aromatic carbocycles. The first-order chi connectivity index (χ1) is 15.5. The number of pyridine rings is 1. The molecule has 3 aromatic rings. The van der Waals surface area contributed by atoms with Crippen LogP contribution in [-0.4, -0.2) is 29.7 Å². The summed E-state index contributed by atoms with van der Waals surface area (Å²) < 4.78 is 0. The van der Waals surface area contributed by atoms with E-state index in [9.17, 15) is 0 Å². The van der Waals surface area contributed by atoms with E-state index >= 15 is 0 Å². The van der Waals surface area contributed by atoms with Crippen LogP contribution in [0.25, 0.3) is 5.57 Å². The summed E-state index contributed by atoms with van der Waals surface area (Å²) in [6.45, 7) is 10.1.